The minimum atomic E-state index is -3.12. The summed E-state index contributed by atoms with van der Waals surface area (Å²) < 4.78 is 26.3. The Kier molecular flexibility index (Phi) is 1.70. The highest BCUT2D eigenvalue weighted by molar-refractivity contribution is 6.32. The summed E-state index contributed by atoms with van der Waals surface area (Å²) in [7, 11) is 5.44. The fraction of sp³-hybridized carbons (Fsp3) is 0.333. The molecular weight excluding hydrogens is 173 g/mol. The smallest absolute Gasteiger partial charge is 0.299 e. The van der Waals surface area contributed by atoms with Crippen molar-refractivity contribution >= 4 is 13.3 Å². The second kappa shape index (κ2) is 2.55. The summed E-state index contributed by atoms with van der Waals surface area (Å²) in [6.07, 6.45) is -1.63. The van der Waals surface area contributed by atoms with Gasteiger partial charge in [-0.25, -0.2) is 0 Å². The van der Waals surface area contributed by atoms with Gasteiger partial charge in [-0.3, -0.25) is 0 Å². The van der Waals surface area contributed by atoms with Crippen LogP contribution in [0.3, 0.4) is 0 Å². The van der Waals surface area contributed by atoms with Crippen LogP contribution in [-0.2, 0) is 12.3 Å². The highest BCUT2D eigenvalue weighted by atomic mass is 19.3. The molecule has 0 saturated carbocycles. The second-order valence-corrected chi connectivity index (χ2v) is 3.26. The molecule has 1 aliphatic carbocycles. The average Bonchev–Trinajstić information content (AvgIpc) is 2.23. The summed E-state index contributed by atoms with van der Waals surface area (Å²) >= 11 is 0. The van der Waals surface area contributed by atoms with Crippen LogP contribution in [0.1, 0.15) is 11.1 Å². The number of halogens is 2. The first kappa shape index (κ1) is 8.69. The predicted octanol–water partition coefficient (Wildman–Crippen LogP) is 0.489. The van der Waals surface area contributed by atoms with Crippen molar-refractivity contribution in [2.45, 2.75) is 18.4 Å². The van der Waals surface area contributed by atoms with E-state index in [2.05, 4.69) is 0 Å². The van der Waals surface area contributed by atoms with Crippen LogP contribution in [0.4, 0.5) is 8.78 Å². The number of alkyl halides is 2. The number of fused-ring (bicyclic) bond motifs is 1. The van der Waals surface area contributed by atoms with Crippen LogP contribution in [0.15, 0.2) is 18.2 Å². The molecule has 1 aliphatic rings. The van der Waals surface area contributed by atoms with Crippen LogP contribution >= 0.6 is 0 Å². The van der Waals surface area contributed by atoms with Crippen molar-refractivity contribution in [1.29, 1.82) is 0 Å². The Morgan fingerprint density at radius 2 is 2.15 bits per heavy atom. The van der Waals surface area contributed by atoms with E-state index in [1.807, 2.05) is 0 Å². The largest absolute Gasteiger partial charge is 0.386 e. The van der Waals surface area contributed by atoms with Gasteiger partial charge in [0.2, 0.25) is 0 Å². The van der Waals surface area contributed by atoms with Gasteiger partial charge in [-0.15, -0.1) is 0 Å². The van der Waals surface area contributed by atoms with Crippen LogP contribution in [0, 0.1) is 0 Å². The van der Waals surface area contributed by atoms with E-state index in [0.29, 0.717) is 11.0 Å². The highest BCUT2D eigenvalue weighted by Gasteiger charge is 2.47. The molecule has 0 aromatic heterocycles. The maximum atomic E-state index is 13.2. The summed E-state index contributed by atoms with van der Waals surface area (Å²) in [5, 5.41) is 9.08. The molecule has 0 aliphatic heterocycles. The fourth-order valence-corrected chi connectivity index (χ4v) is 1.62. The Balaban J connectivity index is 2.55. The maximum Gasteiger partial charge on any atom is 0.299 e. The lowest BCUT2D eigenvalue weighted by Gasteiger charge is -2.14. The van der Waals surface area contributed by atoms with Gasteiger partial charge in [-0.05, 0) is 5.56 Å². The Morgan fingerprint density at radius 3 is 2.85 bits per heavy atom. The van der Waals surface area contributed by atoms with Crippen molar-refractivity contribution in [2.75, 3.05) is 0 Å². The van der Waals surface area contributed by atoms with E-state index in [9.17, 15) is 8.78 Å². The molecule has 0 bridgehead atoms. The molecule has 1 atom stereocenters. The minimum Gasteiger partial charge on any atom is -0.386 e. The van der Waals surface area contributed by atoms with E-state index in [0.717, 1.165) is 0 Å². The molecule has 0 saturated heterocycles. The van der Waals surface area contributed by atoms with Crippen LogP contribution in [0.25, 0.3) is 0 Å². The van der Waals surface area contributed by atoms with Gasteiger partial charge in [0.05, 0.1) is 0 Å². The molecule has 2 rings (SSSR count). The number of hydrogen-bond acceptors (Lipinski definition) is 1. The number of aliphatic hydroxyl groups is 1. The van der Waals surface area contributed by atoms with Gasteiger partial charge < -0.3 is 5.11 Å². The Morgan fingerprint density at radius 1 is 1.46 bits per heavy atom. The summed E-state index contributed by atoms with van der Waals surface area (Å²) in [5.74, 6) is -3.12. The van der Waals surface area contributed by atoms with Gasteiger partial charge >= 0.3 is 0 Å². The van der Waals surface area contributed by atoms with E-state index in [1.54, 1.807) is 0 Å². The van der Waals surface area contributed by atoms with E-state index in [-0.39, 0.29) is 12.0 Å². The molecule has 1 nitrogen and oxygen atoms in total. The van der Waals surface area contributed by atoms with Crippen LogP contribution in [0.2, 0.25) is 0 Å². The van der Waals surface area contributed by atoms with Crippen molar-refractivity contribution in [3.63, 3.8) is 0 Å². The Hall–Kier alpha value is -0.895. The first-order chi connectivity index (χ1) is 6.01. The third-order valence-electron chi connectivity index (χ3n) is 2.32. The SMILES string of the molecule is [B]c1ccc2c(c1)CC(O)C2(F)F. The van der Waals surface area contributed by atoms with Crippen LogP contribution in [-0.4, -0.2) is 19.1 Å². The third kappa shape index (κ3) is 1.17. The zero-order valence-electron chi connectivity index (χ0n) is 6.80. The molecule has 4 heteroatoms. The van der Waals surface area contributed by atoms with E-state index in [4.69, 9.17) is 13.0 Å². The molecule has 13 heavy (non-hydrogen) atoms. The molecule has 1 unspecified atom stereocenters. The summed E-state index contributed by atoms with van der Waals surface area (Å²) in [5.41, 5.74) is 0.787. The Labute approximate surface area is 75.8 Å². The molecule has 0 amide bonds. The molecule has 1 N–H and O–H groups in total. The van der Waals surface area contributed by atoms with E-state index >= 15 is 0 Å². The molecule has 2 radical (unpaired) electrons. The highest BCUT2D eigenvalue weighted by Crippen LogP contribution is 2.41. The van der Waals surface area contributed by atoms with Crippen molar-refractivity contribution in [2.24, 2.45) is 0 Å². The first-order valence-corrected chi connectivity index (χ1v) is 3.96. The molecular formula is C9H7BF2O. The number of hydrogen-bond donors (Lipinski definition) is 1. The maximum absolute atomic E-state index is 13.2. The first-order valence-electron chi connectivity index (χ1n) is 3.96. The zero-order valence-corrected chi connectivity index (χ0v) is 6.80. The molecule has 1 aromatic rings. The lowest BCUT2D eigenvalue weighted by molar-refractivity contribution is -0.101. The minimum absolute atomic E-state index is 0.0205. The quantitative estimate of drug-likeness (QED) is 0.576. The lowest BCUT2D eigenvalue weighted by Crippen LogP contribution is -2.25. The van der Waals surface area contributed by atoms with Crippen molar-refractivity contribution in [3.8, 4) is 0 Å². The van der Waals surface area contributed by atoms with Gasteiger partial charge in [-0.2, -0.15) is 8.78 Å². The van der Waals surface area contributed by atoms with Crippen molar-refractivity contribution < 1.29 is 13.9 Å². The van der Waals surface area contributed by atoms with Gasteiger partial charge in [0.25, 0.3) is 5.92 Å². The van der Waals surface area contributed by atoms with Gasteiger partial charge in [0, 0.05) is 12.0 Å². The molecule has 1 aromatic carbocycles. The molecule has 0 spiro atoms. The van der Waals surface area contributed by atoms with Gasteiger partial charge in [0.15, 0.2) is 0 Å². The number of aliphatic hydroxyl groups excluding tert-OH is 1. The van der Waals surface area contributed by atoms with Gasteiger partial charge in [-0.1, -0.05) is 23.7 Å². The standard InChI is InChI=1S/C9H7BF2O/c10-6-1-2-7-5(3-6)4-8(13)9(7,11)12/h1-3,8,13H,4H2. The number of rotatable bonds is 0. The normalized spacial score (nSPS) is 24.4. The summed E-state index contributed by atoms with van der Waals surface area (Å²) in [4.78, 5) is 0. The lowest BCUT2D eigenvalue weighted by atomic mass is 9.92. The zero-order chi connectivity index (χ0) is 9.64. The Bertz CT molecular complexity index is 351. The van der Waals surface area contributed by atoms with Crippen LogP contribution in [0.5, 0.6) is 0 Å². The van der Waals surface area contributed by atoms with E-state index < -0.39 is 12.0 Å². The monoisotopic (exact) mass is 180 g/mol. The predicted molar refractivity (Wildman–Crippen MR) is 45.4 cm³/mol. The van der Waals surface area contributed by atoms with Crippen LogP contribution < -0.4 is 5.46 Å². The topological polar surface area (TPSA) is 20.2 Å². The molecule has 0 heterocycles. The average molecular weight is 180 g/mol. The van der Waals surface area contributed by atoms with Crippen molar-refractivity contribution in [3.05, 3.63) is 29.3 Å². The van der Waals surface area contributed by atoms with E-state index in [1.165, 1.54) is 18.2 Å². The summed E-state index contributed by atoms with van der Waals surface area (Å²) in [6, 6.07) is 4.19. The fourth-order valence-electron chi connectivity index (χ4n) is 1.62. The number of benzene rings is 1. The second-order valence-electron chi connectivity index (χ2n) is 3.26. The van der Waals surface area contributed by atoms with Crippen molar-refractivity contribution in [1.82, 2.24) is 0 Å². The van der Waals surface area contributed by atoms with Gasteiger partial charge in [0.1, 0.15) is 14.0 Å². The third-order valence-corrected chi connectivity index (χ3v) is 2.32. The molecule has 0 fully saturated rings. The summed E-state index contributed by atoms with van der Waals surface area (Å²) in [6.45, 7) is 0. The molecule has 66 valence electrons.